The minimum Gasteiger partial charge on any atom is -0.384 e. The summed E-state index contributed by atoms with van der Waals surface area (Å²) in [6.45, 7) is 0. The summed E-state index contributed by atoms with van der Waals surface area (Å²) in [6.07, 6.45) is 2.86. The average Bonchev–Trinajstić information content (AvgIpc) is 2.35. The molecule has 1 aliphatic rings. The molecule has 0 radical (unpaired) electrons. The molecule has 3 heteroatoms. The van der Waals surface area contributed by atoms with E-state index in [-0.39, 0.29) is 0 Å². The van der Waals surface area contributed by atoms with Crippen LogP contribution in [0.2, 0.25) is 5.02 Å². The topological polar surface area (TPSA) is 20.2 Å². The highest BCUT2D eigenvalue weighted by Gasteiger charge is 2.21. The molecule has 0 bridgehead atoms. The molecule has 3 rings (SSSR count). The Morgan fingerprint density at radius 3 is 2.55 bits per heavy atom. The Kier molecular flexibility index (Phi) is 3.77. The van der Waals surface area contributed by atoms with Crippen molar-refractivity contribution in [3.63, 3.8) is 0 Å². The van der Waals surface area contributed by atoms with Gasteiger partial charge in [-0.1, -0.05) is 42.3 Å². The summed E-state index contributed by atoms with van der Waals surface area (Å²) in [5, 5.41) is 10.7. The molecule has 1 fully saturated rings. The van der Waals surface area contributed by atoms with Crippen molar-refractivity contribution in [2.24, 2.45) is 0 Å². The molecule has 104 valence electrons. The summed E-state index contributed by atoms with van der Waals surface area (Å²) in [5.74, 6) is 0.181. The maximum Gasteiger partial charge on any atom is 0.125 e. The van der Waals surface area contributed by atoms with Gasteiger partial charge in [0.05, 0.1) is 0 Å². The summed E-state index contributed by atoms with van der Waals surface area (Å²) in [4.78, 5) is 0. The van der Waals surface area contributed by atoms with Gasteiger partial charge in [-0.3, -0.25) is 0 Å². The number of halogens is 2. The second-order valence-electron chi connectivity index (χ2n) is 5.40. The van der Waals surface area contributed by atoms with Gasteiger partial charge in [0.1, 0.15) is 11.9 Å². The van der Waals surface area contributed by atoms with Gasteiger partial charge in [-0.15, -0.1) is 0 Å². The minimum absolute atomic E-state index is 0.300. The van der Waals surface area contributed by atoms with Gasteiger partial charge in [0.2, 0.25) is 0 Å². The molecule has 20 heavy (non-hydrogen) atoms. The summed E-state index contributed by atoms with van der Waals surface area (Å²) < 4.78 is 13.4. The largest absolute Gasteiger partial charge is 0.384 e. The van der Waals surface area contributed by atoms with E-state index >= 15 is 0 Å². The zero-order valence-corrected chi connectivity index (χ0v) is 11.8. The van der Waals surface area contributed by atoms with Crippen LogP contribution in [0.4, 0.5) is 4.39 Å². The van der Waals surface area contributed by atoms with Crippen LogP contribution < -0.4 is 0 Å². The molecule has 0 aromatic heterocycles. The van der Waals surface area contributed by atoms with Crippen molar-refractivity contribution in [3.8, 4) is 0 Å². The van der Waals surface area contributed by atoms with Gasteiger partial charge in [0.25, 0.3) is 0 Å². The van der Waals surface area contributed by atoms with Gasteiger partial charge >= 0.3 is 0 Å². The van der Waals surface area contributed by atoms with E-state index in [1.165, 1.54) is 37.0 Å². The Labute approximate surface area is 123 Å². The molecule has 2 aromatic carbocycles. The fourth-order valence-corrected chi connectivity index (χ4v) is 2.88. The maximum absolute atomic E-state index is 13.4. The van der Waals surface area contributed by atoms with Crippen LogP contribution in [0.25, 0.3) is 0 Å². The minimum atomic E-state index is -0.844. The van der Waals surface area contributed by atoms with Crippen LogP contribution in [0.3, 0.4) is 0 Å². The molecule has 0 aliphatic heterocycles. The number of hydrogen-bond acceptors (Lipinski definition) is 1. The number of hydrogen-bond donors (Lipinski definition) is 1. The first-order valence-corrected chi connectivity index (χ1v) is 7.25. The van der Waals surface area contributed by atoms with Crippen LogP contribution in [-0.4, -0.2) is 5.11 Å². The molecule has 0 amide bonds. The molecule has 2 aromatic rings. The lowest BCUT2D eigenvalue weighted by Crippen LogP contribution is -2.09. The zero-order valence-electron chi connectivity index (χ0n) is 11.0. The van der Waals surface area contributed by atoms with Crippen LogP contribution in [0.15, 0.2) is 42.5 Å². The standard InChI is InChI=1S/C17H16ClFO/c18-15-8-14(9-16(19)10-15)17(20)13-6-2-5-12(7-13)11-3-1-4-11/h2,5-11,17,20H,1,3-4H2. The van der Waals surface area contributed by atoms with Crippen LogP contribution in [0.1, 0.15) is 48.0 Å². The predicted molar refractivity (Wildman–Crippen MR) is 78.5 cm³/mol. The van der Waals surface area contributed by atoms with Gasteiger partial charge in [-0.05, 0) is 53.6 Å². The van der Waals surface area contributed by atoms with Crippen LogP contribution >= 0.6 is 11.6 Å². The number of aliphatic hydroxyl groups excluding tert-OH is 1. The molecule has 0 saturated heterocycles. The first-order chi connectivity index (χ1) is 9.63. The molecule has 1 aliphatic carbocycles. The van der Waals surface area contributed by atoms with Crippen molar-refractivity contribution in [1.82, 2.24) is 0 Å². The van der Waals surface area contributed by atoms with E-state index in [2.05, 4.69) is 6.07 Å². The van der Waals surface area contributed by atoms with E-state index in [0.29, 0.717) is 16.5 Å². The van der Waals surface area contributed by atoms with Crippen molar-refractivity contribution in [1.29, 1.82) is 0 Å². The highest BCUT2D eigenvalue weighted by molar-refractivity contribution is 6.30. The van der Waals surface area contributed by atoms with E-state index in [4.69, 9.17) is 11.6 Å². The van der Waals surface area contributed by atoms with Gasteiger partial charge in [0, 0.05) is 5.02 Å². The lowest BCUT2D eigenvalue weighted by molar-refractivity contribution is 0.219. The Morgan fingerprint density at radius 1 is 1.10 bits per heavy atom. The summed E-state index contributed by atoms with van der Waals surface area (Å²) >= 11 is 5.84. The van der Waals surface area contributed by atoms with Crippen molar-refractivity contribution in [2.45, 2.75) is 31.3 Å². The lowest BCUT2D eigenvalue weighted by Gasteiger charge is -2.26. The summed E-state index contributed by atoms with van der Waals surface area (Å²) in [7, 11) is 0. The third-order valence-corrected chi connectivity index (χ3v) is 4.22. The summed E-state index contributed by atoms with van der Waals surface area (Å²) in [6, 6.07) is 12.1. The number of benzene rings is 2. The van der Waals surface area contributed by atoms with E-state index in [1.807, 2.05) is 18.2 Å². The van der Waals surface area contributed by atoms with E-state index < -0.39 is 11.9 Å². The molecule has 0 heterocycles. The molecule has 1 saturated carbocycles. The van der Waals surface area contributed by atoms with Crippen molar-refractivity contribution in [3.05, 3.63) is 70.0 Å². The van der Waals surface area contributed by atoms with E-state index in [1.54, 1.807) is 6.07 Å². The fraction of sp³-hybridized carbons (Fsp3) is 0.294. The first kappa shape index (κ1) is 13.6. The zero-order chi connectivity index (χ0) is 14.1. The van der Waals surface area contributed by atoms with Gasteiger partial charge < -0.3 is 5.11 Å². The third kappa shape index (κ3) is 2.72. The van der Waals surface area contributed by atoms with Crippen LogP contribution in [0.5, 0.6) is 0 Å². The second-order valence-corrected chi connectivity index (χ2v) is 5.84. The first-order valence-electron chi connectivity index (χ1n) is 6.87. The number of rotatable bonds is 3. The van der Waals surface area contributed by atoms with E-state index in [9.17, 15) is 9.50 Å². The highest BCUT2D eigenvalue weighted by Crippen LogP contribution is 2.37. The van der Waals surface area contributed by atoms with Crippen molar-refractivity contribution < 1.29 is 9.50 Å². The molecular weight excluding hydrogens is 275 g/mol. The van der Waals surface area contributed by atoms with Crippen molar-refractivity contribution in [2.75, 3.05) is 0 Å². The fourth-order valence-electron chi connectivity index (χ4n) is 2.65. The molecule has 1 nitrogen and oxygen atoms in total. The molecule has 1 atom stereocenters. The SMILES string of the molecule is OC(c1cc(F)cc(Cl)c1)c1cccc(C2CCC2)c1. The molecule has 0 spiro atoms. The van der Waals surface area contributed by atoms with Gasteiger partial charge in [0.15, 0.2) is 0 Å². The Bertz CT molecular complexity index is 602. The van der Waals surface area contributed by atoms with Gasteiger partial charge in [-0.25, -0.2) is 4.39 Å². The smallest absolute Gasteiger partial charge is 0.125 e. The second kappa shape index (κ2) is 5.55. The third-order valence-electron chi connectivity index (χ3n) is 4.00. The number of aliphatic hydroxyl groups is 1. The molecule has 1 N–H and O–H groups in total. The molecular formula is C17H16ClFO. The van der Waals surface area contributed by atoms with Crippen LogP contribution in [-0.2, 0) is 0 Å². The van der Waals surface area contributed by atoms with Crippen molar-refractivity contribution >= 4 is 11.6 Å². The van der Waals surface area contributed by atoms with E-state index in [0.717, 1.165) is 5.56 Å². The maximum atomic E-state index is 13.4. The van der Waals surface area contributed by atoms with Crippen LogP contribution in [0, 0.1) is 5.82 Å². The summed E-state index contributed by atoms with van der Waals surface area (Å²) in [5.41, 5.74) is 2.53. The van der Waals surface area contributed by atoms with Gasteiger partial charge in [-0.2, -0.15) is 0 Å². The quantitative estimate of drug-likeness (QED) is 0.858. The predicted octanol–water partition coefficient (Wildman–Crippen LogP) is 4.83. The Balaban J connectivity index is 1.91. The Morgan fingerprint density at radius 2 is 1.90 bits per heavy atom. The average molecular weight is 291 g/mol. The lowest BCUT2D eigenvalue weighted by atomic mass is 9.79. The molecule has 1 unspecified atom stereocenters. The highest BCUT2D eigenvalue weighted by atomic mass is 35.5. The Hall–Kier alpha value is -1.38. The monoisotopic (exact) mass is 290 g/mol. The normalized spacial score (nSPS) is 16.8.